The van der Waals surface area contributed by atoms with E-state index in [0.717, 1.165) is 11.3 Å². The van der Waals surface area contributed by atoms with Gasteiger partial charge in [-0.3, -0.25) is 10.1 Å². The number of benzene rings is 1. The van der Waals surface area contributed by atoms with Crippen molar-refractivity contribution in [2.45, 2.75) is 24.7 Å². The monoisotopic (exact) mass is 308 g/mol. The number of carbonyl (C=O) groups is 2. The molecule has 1 aromatic rings. The van der Waals surface area contributed by atoms with Gasteiger partial charge in [0, 0.05) is 14.2 Å². The maximum atomic E-state index is 12.2. The molecule has 0 saturated carbocycles. The number of ether oxygens (including phenoxy) is 3. The summed E-state index contributed by atoms with van der Waals surface area (Å²) in [5.41, 5.74) is -0.222. The number of hydrogen-bond donors (Lipinski definition) is 2. The first kappa shape index (κ1) is 16.3. The maximum absolute atomic E-state index is 12.2. The van der Waals surface area contributed by atoms with Crippen LogP contribution in [0, 0.1) is 0 Å². The second kappa shape index (κ2) is 6.76. The van der Waals surface area contributed by atoms with E-state index in [1.54, 1.807) is 7.11 Å². The zero-order valence-corrected chi connectivity index (χ0v) is 12.8. The third-order valence-corrected chi connectivity index (χ3v) is 3.77. The van der Waals surface area contributed by atoms with Gasteiger partial charge in [0.05, 0.1) is 7.11 Å². The minimum Gasteiger partial charge on any atom is -0.497 e. The van der Waals surface area contributed by atoms with Gasteiger partial charge in [-0.1, -0.05) is 12.1 Å². The van der Waals surface area contributed by atoms with Gasteiger partial charge in [0.1, 0.15) is 5.75 Å². The van der Waals surface area contributed by atoms with Gasteiger partial charge in [0.25, 0.3) is 5.91 Å². The molecule has 0 aromatic heterocycles. The van der Waals surface area contributed by atoms with Crippen molar-refractivity contribution in [2.75, 3.05) is 21.3 Å². The first-order valence-corrected chi connectivity index (χ1v) is 6.88. The number of rotatable bonds is 7. The predicted molar refractivity (Wildman–Crippen MR) is 78.5 cm³/mol. The second-order valence-electron chi connectivity index (χ2n) is 5.03. The molecule has 120 valence electrons. The second-order valence-corrected chi connectivity index (χ2v) is 5.03. The first-order chi connectivity index (χ1) is 10.6. The standard InChI is InChI=1S/C15H20N2O5/c1-20-11-6-4-10(5-7-11)8-9-15(13(21-2)22-3)12(18)16-14(19)17-15/h4-7,13H,8-9H2,1-3H3,(H2,16,17,18,19)/t15-/m1/s1. The first-order valence-electron chi connectivity index (χ1n) is 6.88. The highest BCUT2D eigenvalue weighted by atomic mass is 16.7. The minimum absolute atomic E-state index is 0.350. The Balaban J connectivity index is 2.16. The van der Waals surface area contributed by atoms with E-state index in [1.165, 1.54) is 14.2 Å². The topological polar surface area (TPSA) is 85.9 Å². The van der Waals surface area contributed by atoms with Gasteiger partial charge in [-0.25, -0.2) is 4.79 Å². The van der Waals surface area contributed by atoms with Crippen LogP contribution >= 0.6 is 0 Å². The minimum atomic E-state index is -1.24. The fourth-order valence-electron chi connectivity index (χ4n) is 2.60. The largest absolute Gasteiger partial charge is 0.497 e. The number of carbonyl (C=O) groups excluding carboxylic acids is 2. The molecule has 1 atom stereocenters. The van der Waals surface area contributed by atoms with E-state index in [-0.39, 0.29) is 0 Å². The van der Waals surface area contributed by atoms with Gasteiger partial charge >= 0.3 is 6.03 Å². The summed E-state index contributed by atoms with van der Waals surface area (Å²) in [5, 5.41) is 4.88. The molecule has 7 heteroatoms. The Bertz CT molecular complexity index is 541. The molecular formula is C15H20N2O5. The summed E-state index contributed by atoms with van der Waals surface area (Å²) in [6, 6.07) is 6.98. The van der Waals surface area contributed by atoms with E-state index in [0.29, 0.717) is 12.8 Å². The number of urea groups is 1. The van der Waals surface area contributed by atoms with E-state index >= 15 is 0 Å². The lowest BCUT2D eigenvalue weighted by molar-refractivity contribution is -0.165. The Morgan fingerprint density at radius 1 is 1.09 bits per heavy atom. The van der Waals surface area contributed by atoms with E-state index in [1.807, 2.05) is 24.3 Å². The van der Waals surface area contributed by atoms with E-state index in [9.17, 15) is 9.59 Å². The van der Waals surface area contributed by atoms with Crippen LogP contribution in [0.25, 0.3) is 0 Å². The van der Waals surface area contributed by atoms with Gasteiger partial charge in [-0.2, -0.15) is 0 Å². The summed E-state index contributed by atoms with van der Waals surface area (Å²) < 4.78 is 15.5. The van der Waals surface area contributed by atoms with Crippen LogP contribution in [0.4, 0.5) is 4.79 Å². The van der Waals surface area contributed by atoms with Crippen LogP contribution in [0.15, 0.2) is 24.3 Å². The van der Waals surface area contributed by atoms with Crippen molar-refractivity contribution in [1.82, 2.24) is 10.6 Å². The molecule has 0 unspecified atom stereocenters. The van der Waals surface area contributed by atoms with Gasteiger partial charge in [0.2, 0.25) is 0 Å². The lowest BCUT2D eigenvalue weighted by Crippen LogP contribution is -2.58. The SMILES string of the molecule is COc1ccc(CC[C@@]2(C(OC)OC)NC(=O)NC2=O)cc1. The molecule has 1 heterocycles. The third kappa shape index (κ3) is 3.05. The summed E-state index contributed by atoms with van der Waals surface area (Å²) in [5.74, 6) is 0.316. The Kier molecular flexibility index (Phi) is 4.99. The zero-order valence-electron chi connectivity index (χ0n) is 12.8. The summed E-state index contributed by atoms with van der Waals surface area (Å²) in [6.07, 6.45) is 0.0571. The van der Waals surface area contributed by atoms with Crippen LogP contribution in [0.2, 0.25) is 0 Å². The van der Waals surface area contributed by atoms with E-state index < -0.39 is 23.8 Å². The van der Waals surface area contributed by atoms with Crippen molar-refractivity contribution in [3.8, 4) is 5.75 Å². The van der Waals surface area contributed by atoms with E-state index in [2.05, 4.69) is 10.6 Å². The molecule has 1 fully saturated rings. The molecule has 0 spiro atoms. The quantitative estimate of drug-likeness (QED) is 0.575. The summed E-state index contributed by atoms with van der Waals surface area (Å²) in [7, 11) is 4.46. The Hall–Kier alpha value is -2.12. The molecule has 1 saturated heterocycles. The van der Waals surface area contributed by atoms with Crippen LogP contribution in [-0.2, 0) is 20.7 Å². The maximum Gasteiger partial charge on any atom is 0.322 e. The molecule has 22 heavy (non-hydrogen) atoms. The molecule has 0 radical (unpaired) electrons. The smallest absolute Gasteiger partial charge is 0.322 e. The fourth-order valence-corrected chi connectivity index (χ4v) is 2.60. The zero-order chi connectivity index (χ0) is 16.2. The van der Waals surface area contributed by atoms with Gasteiger partial charge in [-0.05, 0) is 30.5 Å². The fraction of sp³-hybridized carbons (Fsp3) is 0.467. The number of nitrogens with one attached hydrogen (secondary N) is 2. The highest BCUT2D eigenvalue weighted by Crippen LogP contribution is 2.25. The molecule has 3 amide bonds. The van der Waals surface area contributed by atoms with Crippen molar-refractivity contribution in [3.05, 3.63) is 29.8 Å². The van der Waals surface area contributed by atoms with Crippen molar-refractivity contribution >= 4 is 11.9 Å². The summed E-state index contributed by atoms with van der Waals surface area (Å²) >= 11 is 0. The summed E-state index contributed by atoms with van der Waals surface area (Å²) in [6.45, 7) is 0. The molecule has 0 bridgehead atoms. The lowest BCUT2D eigenvalue weighted by Gasteiger charge is -2.32. The average Bonchev–Trinajstić information content (AvgIpc) is 2.82. The molecule has 2 rings (SSSR count). The number of hydrogen-bond acceptors (Lipinski definition) is 5. The molecule has 7 nitrogen and oxygen atoms in total. The van der Waals surface area contributed by atoms with Gasteiger partial charge in [0.15, 0.2) is 11.8 Å². The Labute approximate surface area is 128 Å². The van der Waals surface area contributed by atoms with Crippen LogP contribution in [-0.4, -0.2) is 45.1 Å². The number of imide groups is 1. The van der Waals surface area contributed by atoms with Crippen LogP contribution in [0.3, 0.4) is 0 Å². The number of aryl methyl sites for hydroxylation is 1. The van der Waals surface area contributed by atoms with Crippen LogP contribution < -0.4 is 15.4 Å². The number of methoxy groups -OCH3 is 3. The van der Waals surface area contributed by atoms with Gasteiger partial charge in [-0.15, -0.1) is 0 Å². The third-order valence-electron chi connectivity index (χ3n) is 3.77. The molecule has 1 aromatic carbocycles. The highest BCUT2D eigenvalue weighted by molar-refractivity contribution is 6.07. The molecule has 0 aliphatic carbocycles. The normalized spacial score (nSPS) is 20.9. The average molecular weight is 308 g/mol. The van der Waals surface area contributed by atoms with Crippen molar-refractivity contribution in [1.29, 1.82) is 0 Å². The van der Waals surface area contributed by atoms with Crippen LogP contribution in [0.1, 0.15) is 12.0 Å². The van der Waals surface area contributed by atoms with Crippen molar-refractivity contribution in [2.24, 2.45) is 0 Å². The Morgan fingerprint density at radius 3 is 2.18 bits per heavy atom. The molecule has 2 N–H and O–H groups in total. The highest BCUT2D eigenvalue weighted by Gasteiger charge is 2.52. The van der Waals surface area contributed by atoms with Gasteiger partial charge < -0.3 is 19.5 Å². The number of amides is 3. The van der Waals surface area contributed by atoms with E-state index in [4.69, 9.17) is 14.2 Å². The Morgan fingerprint density at radius 2 is 1.73 bits per heavy atom. The predicted octanol–water partition coefficient (Wildman–Crippen LogP) is 0.825. The summed E-state index contributed by atoms with van der Waals surface area (Å²) in [4.78, 5) is 23.7. The van der Waals surface area contributed by atoms with Crippen molar-refractivity contribution < 1.29 is 23.8 Å². The molecule has 1 aliphatic rings. The van der Waals surface area contributed by atoms with Crippen LogP contribution in [0.5, 0.6) is 5.75 Å². The lowest BCUT2D eigenvalue weighted by atomic mass is 9.90. The molecular weight excluding hydrogens is 288 g/mol. The van der Waals surface area contributed by atoms with Crippen molar-refractivity contribution in [3.63, 3.8) is 0 Å². The molecule has 1 aliphatic heterocycles.